The standard InChI is InChI=1S/C18H22O4/c1-5-6-12-9-18(21)10(2)7-8-13-11(3)16(20)22-15(13)17(18,4)14(12)19/h5-6,9-10,13,15,21H,3,7-8H2,1-2,4H3/b6-5+/t10-,13-,15+,17-,18+/m0/s1. The Morgan fingerprint density at radius 1 is 1.41 bits per heavy atom. The van der Waals surface area contributed by atoms with Crippen LogP contribution in [-0.2, 0) is 14.3 Å². The van der Waals surface area contributed by atoms with Crippen molar-refractivity contribution in [2.75, 3.05) is 0 Å². The minimum absolute atomic E-state index is 0.0960. The van der Waals surface area contributed by atoms with Crippen LogP contribution in [0.25, 0.3) is 0 Å². The predicted molar refractivity (Wildman–Crippen MR) is 81.9 cm³/mol. The maximum atomic E-state index is 13.0. The van der Waals surface area contributed by atoms with E-state index in [4.69, 9.17) is 4.74 Å². The highest BCUT2D eigenvalue weighted by atomic mass is 16.6. The van der Waals surface area contributed by atoms with Crippen molar-refractivity contribution in [2.24, 2.45) is 17.3 Å². The Labute approximate surface area is 130 Å². The average Bonchev–Trinajstić information content (AvgIpc) is 2.84. The molecular weight excluding hydrogens is 280 g/mol. The van der Waals surface area contributed by atoms with Gasteiger partial charge in [-0.05, 0) is 38.7 Å². The first-order chi connectivity index (χ1) is 10.3. The lowest BCUT2D eigenvalue weighted by Crippen LogP contribution is -2.56. The van der Waals surface area contributed by atoms with Crippen molar-refractivity contribution in [3.05, 3.63) is 36.0 Å². The van der Waals surface area contributed by atoms with Crippen LogP contribution in [0.2, 0.25) is 0 Å². The highest BCUT2D eigenvalue weighted by molar-refractivity contribution is 6.07. The Morgan fingerprint density at radius 3 is 2.73 bits per heavy atom. The number of carbonyl (C=O) groups is 2. The molecule has 3 rings (SSSR count). The first-order valence-corrected chi connectivity index (χ1v) is 7.80. The number of fused-ring (bicyclic) bond motifs is 3. The summed E-state index contributed by atoms with van der Waals surface area (Å²) in [6.07, 6.45) is 5.94. The number of carbonyl (C=O) groups excluding carboxylic acids is 2. The Morgan fingerprint density at radius 2 is 2.09 bits per heavy atom. The summed E-state index contributed by atoms with van der Waals surface area (Å²) < 4.78 is 5.51. The minimum atomic E-state index is -1.30. The largest absolute Gasteiger partial charge is 0.457 e. The topological polar surface area (TPSA) is 63.6 Å². The van der Waals surface area contributed by atoms with Crippen molar-refractivity contribution in [3.63, 3.8) is 0 Å². The molecule has 22 heavy (non-hydrogen) atoms. The number of hydrogen-bond donors (Lipinski definition) is 1. The minimum Gasteiger partial charge on any atom is -0.457 e. The molecule has 3 aliphatic rings. The van der Waals surface area contributed by atoms with Gasteiger partial charge in [0.2, 0.25) is 0 Å². The average molecular weight is 302 g/mol. The Kier molecular flexibility index (Phi) is 3.22. The lowest BCUT2D eigenvalue weighted by Gasteiger charge is -2.43. The number of allylic oxidation sites excluding steroid dienone is 3. The van der Waals surface area contributed by atoms with Gasteiger partial charge < -0.3 is 9.84 Å². The van der Waals surface area contributed by atoms with Crippen molar-refractivity contribution in [3.8, 4) is 0 Å². The molecule has 0 aromatic heterocycles. The number of rotatable bonds is 1. The zero-order valence-corrected chi connectivity index (χ0v) is 13.3. The summed E-state index contributed by atoms with van der Waals surface area (Å²) in [5.41, 5.74) is -1.54. The van der Waals surface area contributed by atoms with E-state index in [9.17, 15) is 14.7 Å². The molecular formula is C18H22O4. The molecule has 1 aliphatic heterocycles. The van der Waals surface area contributed by atoms with E-state index in [-0.39, 0.29) is 17.6 Å². The molecule has 1 saturated carbocycles. The monoisotopic (exact) mass is 302 g/mol. The lowest BCUT2D eigenvalue weighted by atomic mass is 9.64. The molecule has 0 amide bonds. The number of Topliss-reactive ketones (excluding diaryl/α,β-unsaturated/α-hetero) is 1. The number of esters is 1. The molecule has 118 valence electrons. The molecule has 1 heterocycles. The molecule has 4 nitrogen and oxygen atoms in total. The lowest BCUT2D eigenvalue weighted by molar-refractivity contribution is -0.166. The number of ketones is 1. The molecule has 2 aliphatic carbocycles. The number of ether oxygens (including phenoxy) is 1. The van der Waals surface area contributed by atoms with Gasteiger partial charge in [-0.15, -0.1) is 0 Å². The summed E-state index contributed by atoms with van der Waals surface area (Å²) in [5.74, 6) is -0.891. The summed E-state index contributed by atoms with van der Waals surface area (Å²) in [6, 6.07) is 0. The van der Waals surface area contributed by atoms with Gasteiger partial charge in [-0.3, -0.25) is 4.79 Å². The molecule has 4 heteroatoms. The van der Waals surface area contributed by atoms with Crippen molar-refractivity contribution < 1.29 is 19.4 Å². The summed E-state index contributed by atoms with van der Waals surface area (Å²) in [7, 11) is 0. The van der Waals surface area contributed by atoms with Crippen LogP contribution in [0.3, 0.4) is 0 Å². The third-order valence-electron chi connectivity index (χ3n) is 5.83. The van der Waals surface area contributed by atoms with Crippen LogP contribution >= 0.6 is 0 Å². The highest BCUT2D eigenvalue weighted by Gasteiger charge is 2.68. The molecule has 1 N–H and O–H groups in total. The van der Waals surface area contributed by atoms with Gasteiger partial charge in [0, 0.05) is 17.1 Å². The maximum absolute atomic E-state index is 13.0. The van der Waals surface area contributed by atoms with Gasteiger partial charge in [0.05, 0.1) is 0 Å². The Balaban J connectivity index is 2.17. The van der Waals surface area contributed by atoms with E-state index >= 15 is 0 Å². The van der Waals surface area contributed by atoms with Crippen molar-refractivity contribution >= 4 is 11.8 Å². The zero-order valence-electron chi connectivity index (χ0n) is 13.3. The van der Waals surface area contributed by atoms with Gasteiger partial charge in [-0.2, -0.15) is 0 Å². The van der Waals surface area contributed by atoms with Crippen molar-refractivity contribution in [1.29, 1.82) is 0 Å². The third kappa shape index (κ3) is 1.62. The van der Waals surface area contributed by atoms with E-state index in [0.717, 1.165) is 6.42 Å². The second-order valence-corrected chi connectivity index (χ2v) is 6.89. The van der Waals surface area contributed by atoms with Crippen LogP contribution in [0.15, 0.2) is 36.0 Å². The fourth-order valence-electron chi connectivity index (χ4n) is 4.35. The fourth-order valence-corrected chi connectivity index (χ4v) is 4.35. The second-order valence-electron chi connectivity index (χ2n) is 6.89. The Bertz CT molecular complexity index is 629. The van der Waals surface area contributed by atoms with Crippen LogP contribution in [0.1, 0.15) is 33.6 Å². The molecule has 0 bridgehead atoms. The summed E-state index contributed by atoms with van der Waals surface area (Å²) in [6.45, 7) is 9.35. The summed E-state index contributed by atoms with van der Waals surface area (Å²) >= 11 is 0. The normalized spacial score (nSPS) is 44.6. The molecule has 0 aromatic carbocycles. The van der Waals surface area contributed by atoms with Crippen molar-refractivity contribution in [1.82, 2.24) is 0 Å². The van der Waals surface area contributed by atoms with Crippen LogP contribution in [-0.4, -0.2) is 28.6 Å². The number of aliphatic hydroxyl groups is 1. The smallest absolute Gasteiger partial charge is 0.334 e. The van der Waals surface area contributed by atoms with E-state index in [1.165, 1.54) is 0 Å². The van der Waals surface area contributed by atoms with E-state index in [2.05, 4.69) is 6.58 Å². The first-order valence-electron chi connectivity index (χ1n) is 7.80. The predicted octanol–water partition coefficient (Wildman–Crippen LogP) is 2.34. The first kappa shape index (κ1) is 15.2. The SMILES string of the molecule is C=C1C(=O)O[C@@H]2[C@H]1CC[C@H](C)[C@]1(O)C=C(/C=C/C)C(=O)[C@@]21C. The van der Waals surface area contributed by atoms with Crippen LogP contribution < -0.4 is 0 Å². The fraction of sp³-hybridized carbons (Fsp3) is 0.556. The second kappa shape index (κ2) is 4.66. The van der Waals surface area contributed by atoms with E-state index in [1.54, 1.807) is 25.2 Å². The van der Waals surface area contributed by atoms with Gasteiger partial charge in [-0.25, -0.2) is 4.79 Å². The highest BCUT2D eigenvalue weighted by Crippen LogP contribution is 2.57. The molecule has 1 saturated heterocycles. The quantitative estimate of drug-likeness (QED) is 0.596. The molecule has 2 fully saturated rings. The van der Waals surface area contributed by atoms with Crippen LogP contribution in [0.5, 0.6) is 0 Å². The van der Waals surface area contributed by atoms with Crippen molar-refractivity contribution in [2.45, 2.75) is 45.3 Å². The number of hydrogen-bond acceptors (Lipinski definition) is 4. The van der Waals surface area contributed by atoms with Crippen LogP contribution in [0, 0.1) is 17.3 Å². The molecule has 0 unspecified atom stereocenters. The third-order valence-corrected chi connectivity index (χ3v) is 5.83. The van der Waals surface area contributed by atoms with Gasteiger partial charge in [-0.1, -0.05) is 25.7 Å². The summed E-state index contributed by atoms with van der Waals surface area (Å²) in [5, 5.41) is 11.4. The van der Waals surface area contributed by atoms with Gasteiger partial charge >= 0.3 is 5.97 Å². The maximum Gasteiger partial charge on any atom is 0.334 e. The summed E-state index contributed by atoms with van der Waals surface area (Å²) in [4.78, 5) is 24.9. The molecule has 0 aromatic rings. The Hall–Kier alpha value is -1.68. The molecule has 0 spiro atoms. The van der Waals surface area contributed by atoms with Gasteiger partial charge in [0.15, 0.2) is 5.78 Å². The zero-order chi connectivity index (χ0) is 16.3. The van der Waals surface area contributed by atoms with E-state index in [0.29, 0.717) is 17.6 Å². The van der Waals surface area contributed by atoms with Crippen LogP contribution in [0.4, 0.5) is 0 Å². The van der Waals surface area contributed by atoms with E-state index in [1.807, 2.05) is 13.8 Å². The van der Waals surface area contributed by atoms with Gasteiger partial charge in [0.1, 0.15) is 17.1 Å². The molecule has 0 radical (unpaired) electrons. The molecule has 5 atom stereocenters. The van der Waals surface area contributed by atoms with E-state index < -0.39 is 23.1 Å². The van der Waals surface area contributed by atoms with Gasteiger partial charge in [0.25, 0.3) is 0 Å².